The van der Waals surface area contributed by atoms with Crippen molar-refractivity contribution < 1.29 is 14.3 Å². The Labute approximate surface area is 199 Å². The van der Waals surface area contributed by atoms with Gasteiger partial charge in [-0.3, -0.25) is 0 Å². The summed E-state index contributed by atoms with van der Waals surface area (Å²) in [6, 6.07) is 17.9. The lowest BCUT2D eigenvalue weighted by molar-refractivity contribution is -0.138. The van der Waals surface area contributed by atoms with E-state index in [1.54, 1.807) is 31.3 Å². The van der Waals surface area contributed by atoms with Crippen molar-refractivity contribution in [3.63, 3.8) is 0 Å². The molecule has 1 heterocycles. The second kappa shape index (κ2) is 12.1. The third kappa shape index (κ3) is 7.70. The Kier molecular flexibility index (Phi) is 8.98. The van der Waals surface area contributed by atoms with Crippen LogP contribution in [-0.2, 0) is 22.6 Å². The van der Waals surface area contributed by atoms with Crippen molar-refractivity contribution in [3.05, 3.63) is 99.0 Å². The Morgan fingerprint density at radius 2 is 1.82 bits per heavy atom. The van der Waals surface area contributed by atoms with Gasteiger partial charge in [-0.2, -0.15) is 0 Å². The van der Waals surface area contributed by atoms with Crippen LogP contribution < -0.4 is 10.5 Å². The highest BCUT2D eigenvalue weighted by atomic mass is 32.1. The number of esters is 1. The summed E-state index contributed by atoms with van der Waals surface area (Å²) in [4.78, 5) is 16.4. The smallest absolute Gasteiger partial charge is 0.333 e. The van der Waals surface area contributed by atoms with E-state index >= 15 is 0 Å². The fraction of sp³-hybridized carbons (Fsp3) is 0.259. The normalized spacial score (nSPS) is 13.0. The number of rotatable bonds is 10. The summed E-state index contributed by atoms with van der Waals surface area (Å²) in [5.41, 5.74) is 11.0. The maximum Gasteiger partial charge on any atom is 0.333 e. The fourth-order valence-electron chi connectivity index (χ4n) is 3.26. The number of hydrogen-bond acceptors (Lipinski definition) is 6. The molecule has 33 heavy (non-hydrogen) atoms. The van der Waals surface area contributed by atoms with E-state index in [9.17, 15) is 4.79 Å². The minimum Gasteiger partial charge on any atom is -0.489 e. The summed E-state index contributed by atoms with van der Waals surface area (Å²) in [5.74, 6) is 0.530. The molecule has 172 valence electrons. The van der Waals surface area contributed by atoms with E-state index in [0.29, 0.717) is 25.2 Å². The van der Waals surface area contributed by atoms with Crippen molar-refractivity contribution in [2.24, 2.45) is 5.73 Å². The van der Waals surface area contributed by atoms with Crippen molar-refractivity contribution in [3.8, 4) is 5.75 Å². The van der Waals surface area contributed by atoms with Crippen LogP contribution in [0.5, 0.6) is 5.75 Å². The van der Waals surface area contributed by atoms with Crippen LogP contribution >= 0.6 is 11.3 Å². The van der Waals surface area contributed by atoms with Crippen LogP contribution in [0.3, 0.4) is 0 Å². The fourth-order valence-corrected chi connectivity index (χ4v) is 4.04. The Balaban J connectivity index is 1.56. The summed E-state index contributed by atoms with van der Waals surface area (Å²) in [6.45, 7) is 6.38. The van der Waals surface area contributed by atoms with Gasteiger partial charge in [0.2, 0.25) is 0 Å². The second-order valence-corrected chi connectivity index (χ2v) is 8.67. The van der Waals surface area contributed by atoms with Gasteiger partial charge in [-0.1, -0.05) is 42.5 Å². The molecule has 1 aromatic heterocycles. The van der Waals surface area contributed by atoms with Gasteiger partial charge in [-0.15, -0.1) is 11.3 Å². The number of nitrogens with zero attached hydrogens (tertiary/aromatic N) is 1. The molecule has 6 heteroatoms. The van der Waals surface area contributed by atoms with Crippen LogP contribution in [0.15, 0.2) is 77.2 Å². The summed E-state index contributed by atoms with van der Waals surface area (Å²) in [6.07, 6.45) is 4.43. The van der Waals surface area contributed by atoms with Crippen LogP contribution in [0.4, 0.5) is 0 Å². The van der Waals surface area contributed by atoms with Gasteiger partial charge >= 0.3 is 5.97 Å². The lowest BCUT2D eigenvalue weighted by atomic mass is 10.1. The lowest BCUT2D eigenvalue weighted by Gasteiger charge is -2.10. The minimum absolute atomic E-state index is 0.189. The first-order valence-corrected chi connectivity index (χ1v) is 11.8. The van der Waals surface area contributed by atoms with Gasteiger partial charge in [-0.25, -0.2) is 9.78 Å². The molecule has 0 aliphatic carbocycles. The van der Waals surface area contributed by atoms with Crippen LogP contribution in [-0.4, -0.2) is 17.6 Å². The lowest BCUT2D eigenvalue weighted by Crippen LogP contribution is -2.13. The Hall–Kier alpha value is -3.22. The number of thiazole rings is 1. The first-order chi connectivity index (χ1) is 15.9. The molecule has 0 aliphatic heterocycles. The summed E-state index contributed by atoms with van der Waals surface area (Å²) < 4.78 is 10.9. The largest absolute Gasteiger partial charge is 0.489 e. The first kappa shape index (κ1) is 24.4. The molecule has 0 radical (unpaired) electrons. The molecular formula is C27H30N2O3S. The molecule has 1 atom stereocenters. The molecule has 0 spiro atoms. The molecule has 0 saturated heterocycles. The summed E-state index contributed by atoms with van der Waals surface area (Å²) in [5, 5.41) is 2.86. The second-order valence-electron chi connectivity index (χ2n) is 7.78. The van der Waals surface area contributed by atoms with E-state index in [1.165, 1.54) is 0 Å². The highest BCUT2D eigenvalue weighted by Crippen LogP contribution is 2.23. The van der Waals surface area contributed by atoms with Crippen LogP contribution in [0.1, 0.15) is 48.6 Å². The third-order valence-corrected chi connectivity index (χ3v) is 5.90. The predicted molar refractivity (Wildman–Crippen MR) is 134 cm³/mol. The van der Waals surface area contributed by atoms with E-state index in [0.717, 1.165) is 33.2 Å². The summed E-state index contributed by atoms with van der Waals surface area (Å²) in [7, 11) is 0. The molecule has 0 saturated carbocycles. The number of carbonyl (C=O) groups is 1. The van der Waals surface area contributed by atoms with Crippen LogP contribution in [0, 0.1) is 0 Å². The van der Waals surface area contributed by atoms with E-state index in [-0.39, 0.29) is 12.0 Å². The number of ether oxygens (including phenoxy) is 2. The highest BCUT2D eigenvalue weighted by Gasteiger charge is 2.12. The molecule has 0 amide bonds. The van der Waals surface area contributed by atoms with E-state index < -0.39 is 0 Å². The van der Waals surface area contributed by atoms with Gasteiger partial charge in [0, 0.05) is 11.0 Å². The van der Waals surface area contributed by atoms with Crippen molar-refractivity contribution in [2.45, 2.75) is 39.8 Å². The van der Waals surface area contributed by atoms with Gasteiger partial charge in [0.05, 0.1) is 18.3 Å². The van der Waals surface area contributed by atoms with Crippen LogP contribution in [0.25, 0.3) is 6.08 Å². The van der Waals surface area contributed by atoms with E-state index in [4.69, 9.17) is 15.2 Å². The molecule has 5 nitrogen and oxygen atoms in total. The van der Waals surface area contributed by atoms with E-state index in [1.807, 2.05) is 73.0 Å². The maximum absolute atomic E-state index is 11.8. The topological polar surface area (TPSA) is 74.4 Å². The number of aromatic nitrogens is 1. The number of hydrogen-bond donors (Lipinski definition) is 1. The average molecular weight is 463 g/mol. The zero-order valence-corrected chi connectivity index (χ0v) is 20.1. The molecule has 3 rings (SSSR count). The molecule has 2 aromatic carbocycles. The standard InChI is InChI=1S/C27H30N2O3S/c1-4-31-27(30)20(3)14-19(2)15-23-18-33-26(29-23)25(28)16-21-10-12-24(13-11-21)32-17-22-8-6-5-7-9-22/h5-15,18,25H,4,16-17,28H2,1-3H3/b19-15+,20-14-. The molecule has 0 bridgehead atoms. The zero-order valence-electron chi connectivity index (χ0n) is 19.3. The Bertz CT molecular complexity index is 1100. The average Bonchev–Trinajstić information content (AvgIpc) is 3.28. The number of allylic oxidation sites excluding steroid dienone is 2. The molecule has 3 aromatic rings. The van der Waals surface area contributed by atoms with Crippen molar-refractivity contribution >= 4 is 23.4 Å². The van der Waals surface area contributed by atoms with Gasteiger partial charge < -0.3 is 15.2 Å². The molecule has 2 N–H and O–H groups in total. The zero-order chi connectivity index (χ0) is 23.6. The monoisotopic (exact) mass is 462 g/mol. The Morgan fingerprint density at radius 1 is 1.09 bits per heavy atom. The molecular weight excluding hydrogens is 432 g/mol. The summed E-state index contributed by atoms with van der Waals surface area (Å²) >= 11 is 1.54. The molecule has 1 unspecified atom stereocenters. The highest BCUT2D eigenvalue weighted by molar-refractivity contribution is 7.09. The van der Waals surface area contributed by atoms with Gasteiger partial charge in [-0.05, 0) is 68.2 Å². The van der Waals surface area contributed by atoms with Gasteiger partial charge in [0.25, 0.3) is 0 Å². The maximum atomic E-state index is 11.8. The quantitative estimate of drug-likeness (QED) is 0.231. The minimum atomic E-state index is -0.303. The van der Waals surface area contributed by atoms with Gasteiger partial charge in [0.15, 0.2) is 0 Å². The first-order valence-electron chi connectivity index (χ1n) is 10.9. The number of nitrogens with two attached hydrogens (primary N) is 1. The molecule has 0 aliphatic rings. The number of carbonyl (C=O) groups excluding carboxylic acids is 1. The molecule has 0 fully saturated rings. The van der Waals surface area contributed by atoms with Crippen molar-refractivity contribution in [1.29, 1.82) is 0 Å². The van der Waals surface area contributed by atoms with E-state index in [2.05, 4.69) is 4.98 Å². The Morgan fingerprint density at radius 3 is 2.52 bits per heavy atom. The van der Waals surface area contributed by atoms with Crippen molar-refractivity contribution in [1.82, 2.24) is 4.98 Å². The van der Waals surface area contributed by atoms with Crippen LogP contribution in [0.2, 0.25) is 0 Å². The predicted octanol–water partition coefficient (Wildman–Crippen LogP) is 5.88. The van der Waals surface area contributed by atoms with Gasteiger partial charge in [0.1, 0.15) is 17.4 Å². The number of benzene rings is 2. The van der Waals surface area contributed by atoms with Crippen molar-refractivity contribution in [2.75, 3.05) is 6.61 Å². The third-order valence-electron chi connectivity index (χ3n) is 4.90. The SMILES string of the molecule is CCOC(=O)/C(C)=C\C(C)=C\c1csc(C(N)Cc2ccc(OCc3ccccc3)cc2)n1.